The second kappa shape index (κ2) is 66.1. The number of quaternary nitrogens is 1. The smallest absolute Gasteiger partial charge is 0.462 e. The minimum absolute atomic E-state index is 0.0220. The molecule has 86 heavy (non-hydrogen) atoms. The second-order valence-electron chi connectivity index (χ2n) is 24.9. The number of phosphoric ester groups is 1. The van der Waals surface area contributed by atoms with Gasteiger partial charge in [0, 0.05) is 12.8 Å². The predicted molar refractivity (Wildman–Crippen MR) is 371 cm³/mol. The maximum absolute atomic E-state index is 12.9. The fourth-order valence-corrected chi connectivity index (χ4v) is 10.6. The molecule has 0 radical (unpaired) electrons. The van der Waals surface area contributed by atoms with Gasteiger partial charge < -0.3 is 18.9 Å². The van der Waals surface area contributed by atoms with Gasteiger partial charge in [0.1, 0.15) is 19.8 Å². The summed E-state index contributed by atoms with van der Waals surface area (Å²) in [5.74, 6) is -0.822. The van der Waals surface area contributed by atoms with Crippen LogP contribution in [0, 0.1) is 0 Å². The van der Waals surface area contributed by atoms with Gasteiger partial charge in [0.2, 0.25) is 0 Å². The van der Waals surface area contributed by atoms with Gasteiger partial charge in [-0.15, -0.1) is 0 Å². The van der Waals surface area contributed by atoms with Crippen molar-refractivity contribution in [1.29, 1.82) is 0 Å². The molecule has 0 aliphatic carbocycles. The first-order valence-electron chi connectivity index (χ1n) is 35.6. The highest BCUT2D eigenvalue weighted by Crippen LogP contribution is 2.43. The van der Waals surface area contributed by atoms with Crippen molar-refractivity contribution in [3.8, 4) is 0 Å². The van der Waals surface area contributed by atoms with E-state index in [-0.39, 0.29) is 32.0 Å². The summed E-state index contributed by atoms with van der Waals surface area (Å²) in [4.78, 5) is 35.9. The number of hydrogen-bond donors (Lipinski definition) is 1. The number of nitrogens with zero attached hydrogens (tertiary/aromatic N) is 1. The molecule has 9 nitrogen and oxygen atoms in total. The summed E-state index contributed by atoms with van der Waals surface area (Å²) in [6.07, 6.45) is 93.5. The highest BCUT2D eigenvalue weighted by atomic mass is 31.2. The molecule has 0 heterocycles. The van der Waals surface area contributed by atoms with Crippen LogP contribution in [0.5, 0.6) is 0 Å². The van der Waals surface area contributed by atoms with Crippen LogP contribution >= 0.6 is 7.82 Å². The molecule has 0 aromatic heterocycles. The summed E-state index contributed by atoms with van der Waals surface area (Å²) in [6.45, 7) is 4.31. The summed E-state index contributed by atoms with van der Waals surface area (Å²) in [5, 5.41) is 0. The summed E-state index contributed by atoms with van der Waals surface area (Å²) in [7, 11) is 1.45. The third-order valence-electron chi connectivity index (χ3n) is 15.3. The van der Waals surface area contributed by atoms with Gasteiger partial charge in [-0.25, -0.2) is 4.57 Å². The van der Waals surface area contributed by atoms with E-state index in [2.05, 4.69) is 123 Å². The molecule has 0 saturated carbocycles. The molecule has 0 aliphatic heterocycles. The van der Waals surface area contributed by atoms with Crippen LogP contribution in [0.15, 0.2) is 109 Å². The Labute approximate surface area is 531 Å². The summed E-state index contributed by atoms with van der Waals surface area (Å²) in [6, 6.07) is 0. The molecule has 0 fully saturated rings. The maximum Gasteiger partial charge on any atom is 0.472 e. The zero-order valence-corrected chi connectivity index (χ0v) is 57.4. The number of allylic oxidation sites excluding steroid dienone is 18. The Morgan fingerprint density at radius 1 is 0.372 bits per heavy atom. The Kier molecular flexibility index (Phi) is 63.5. The molecule has 0 spiro atoms. The highest BCUT2D eigenvalue weighted by molar-refractivity contribution is 7.47. The molecule has 0 bridgehead atoms. The van der Waals surface area contributed by atoms with E-state index >= 15 is 0 Å². The lowest BCUT2D eigenvalue weighted by Gasteiger charge is -2.24. The molecule has 496 valence electrons. The van der Waals surface area contributed by atoms with Crippen LogP contribution < -0.4 is 0 Å². The topological polar surface area (TPSA) is 108 Å². The third kappa shape index (κ3) is 69.8. The van der Waals surface area contributed by atoms with Crippen LogP contribution in [0.3, 0.4) is 0 Å². The van der Waals surface area contributed by atoms with E-state index in [9.17, 15) is 19.0 Å². The lowest BCUT2D eigenvalue weighted by atomic mass is 10.0. The fourth-order valence-electron chi connectivity index (χ4n) is 9.85. The number of rotatable bonds is 65. The quantitative estimate of drug-likeness (QED) is 0.0211. The van der Waals surface area contributed by atoms with Crippen molar-refractivity contribution in [2.75, 3.05) is 47.5 Å². The maximum atomic E-state index is 12.9. The second-order valence-corrected chi connectivity index (χ2v) is 26.3. The van der Waals surface area contributed by atoms with Crippen molar-refractivity contribution in [2.24, 2.45) is 0 Å². The summed E-state index contributed by atoms with van der Waals surface area (Å²) >= 11 is 0. The summed E-state index contributed by atoms with van der Waals surface area (Å²) < 4.78 is 34.7. The minimum Gasteiger partial charge on any atom is -0.462 e. The Bertz CT molecular complexity index is 1820. The number of likely N-dealkylation sites (N-methyl/N-ethyl adjacent to an activating group) is 1. The van der Waals surface area contributed by atoms with Gasteiger partial charge in [0.15, 0.2) is 6.10 Å². The van der Waals surface area contributed by atoms with Gasteiger partial charge in [-0.05, 0) is 103 Å². The van der Waals surface area contributed by atoms with Crippen LogP contribution in [0.2, 0.25) is 0 Å². The number of carbonyl (C=O) groups excluding carboxylic acids is 2. The van der Waals surface area contributed by atoms with Crippen molar-refractivity contribution >= 4 is 19.8 Å². The van der Waals surface area contributed by atoms with Crippen LogP contribution in [-0.4, -0.2) is 74.9 Å². The third-order valence-corrected chi connectivity index (χ3v) is 16.3. The van der Waals surface area contributed by atoms with E-state index in [1.54, 1.807) is 0 Å². The van der Waals surface area contributed by atoms with Crippen molar-refractivity contribution in [3.05, 3.63) is 109 Å². The number of unbranched alkanes of at least 4 members (excludes halogenated alkanes) is 33. The lowest BCUT2D eigenvalue weighted by molar-refractivity contribution is -0.870. The Morgan fingerprint density at radius 2 is 0.663 bits per heavy atom. The zero-order valence-electron chi connectivity index (χ0n) is 56.5. The predicted octanol–water partition coefficient (Wildman–Crippen LogP) is 23.3. The van der Waals surface area contributed by atoms with Crippen LogP contribution in [-0.2, 0) is 32.7 Å². The fraction of sp³-hybridized carbons (Fsp3) is 0.737. The molecule has 0 aromatic carbocycles. The molecule has 0 amide bonds. The number of carbonyl (C=O) groups is 2. The molecular weight excluding hydrogens is 1090 g/mol. The Balaban J connectivity index is 4.09. The molecule has 0 aromatic rings. The minimum atomic E-state index is -4.41. The first kappa shape index (κ1) is 82.7. The first-order chi connectivity index (χ1) is 42.0. The Hall–Kier alpha value is -3.33. The molecule has 0 rings (SSSR count). The van der Waals surface area contributed by atoms with E-state index in [1.807, 2.05) is 21.1 Å². The van der Waals surface area contributed by atoms with Crippen molar-refractivity contribution in [3.63, 3.8) is 0 Å². The molecule has 2 atom stereocenters. The van der Waals surface area contributed by atoms with Gasteiger partial charge in [0.25, 0.3) is 0 Å². The average molecular weight is 1220 g/mol. The number of phosphoric acid groups is 1. The molecule has 10 heteroatoms. The SMILES string of the molecule is CC/C=C\C/C=C\C/C=C\C/C=C\C/C=C\C/C=C\C/C=C\C/C=C\CCCCCCC(=O)OC(COC(=O)CCCCCCCCCCCCCCCCCCCCCCC/C=C\CCCCCCCCCC)COP(=O)(O)OCC[N+](C)(C)C. The van der Waals surface area contributed by atoms with E-state index < -0.39 is 26.5 Å². The zero-order chi connectivity index (χ0) is 62.6. The molecular formula is C76H135NO8P+. The molecule has 2 unspecified atom stereocenters. The van der Waals surface area contributed by atoms with Gasteiger partial charge >= 0.3 is 19.8 Å². The van der Waals surface area contributed by atoms with E-state index in [1.165, 1.54) is 180 Å². The number of ether oxygens (including phenoxy) is 2. The van der Waals surface area contributed by atoms with Crippen LogP contribution in [0.25, 0.3) is 0 Å². The van der Waals surface area contributed by atoms with Gasteiger partial charge in [0.05, 0.1) is 27.7 Å². The van der Waals surface area contributed by atoms with Crippen LogP contribution in [0.4, 0.5) is 0 Å². The van der Waals surface area contributed by atoms with Gasteiger partial charge in [-0.3, -0.25) is 18.6 Å². The van der Waals surface area contributed by atoms with E-state index in [0.29, 0.717) is 17.4 Å². The van der Waals surface area contributed by atoms with Gasteiger partial charge in [-0.2, -0.15) is 0 Å². The first-order valence-corrected chi connectivity index (χ1v) is 37.1. The highest BCUT2D eigenvalue weighted by Gasteiger charge is 2.27. The number of esters is 2. The number of hydrogen-bond acceptors (Lipinski definition) is 7. The van der Waals surface area contributed by atoms with Crippen molar-refractivity contribution in [2.45, 2.75) is 315 Å². The van der Waals surface area contributed by atoms with Crippen molar-refractivity contribution < 1.29 is 42.1 Å². The average Bonchev–Trinajstić information content (AvgIpc) is 3.67. The molecule has 0 aliphatic rings. The Morgan fingerprint density at radius 3 is 1.00 bits per heavy atom. The van der Waals surface area contributed by atoms with Gasteiger partial charge in [-0.1, -0.05) is 303 Å². The largest absolute Gasteiger partial charge is 0.472 e. The van der Waals surface area contributed by atoms with Crippen LogP contribution in [0.1, 0.15) is 309 Å². The van der Waals surface area contributed by atoms with E-state index in [4.69, 9.17) is 18.5 Å². The molecule has 0 saturated heterocycles. The summed E-state index contributed by atoms with van der Waals surface area (Å²) in [5.41, 5.74) is 0. The normalized spacial score (nSPS) is 13.8. The molecule has 1 N–H and O–H groups in total. The monoisotopic (exact) mass is 1220 g/mol. The standard InChI is InChI=1S/C76H134NO8P/c1-6-8-10-12-14-16-18-20-22-24-26-28-30-32-34-36-37-38-39-41-42-44-46-48-50-52-54-56-58-60-62-64-66-68-75(78)82-72-74(73-84-86(80,81)83-71-70-77(3,4)5)85-76(79)69-67-65-63-61-59-57-55-53-51-49-47-45-43-40-35-33-31-29-27-25-23-21-19-17-15-13-11-9-7-2/h9,11,15,17,21,23-24,26-27,29,33,35,43,45,49,51,55,57,74H,6-8,10,12-14,16,18-20,22,25,28,30-32,34,36-42,44,46-48,50,52-54,56,58-73H2,1-5H3/p+1/b11-9-,17-15-,23-21-,26-24-,29-27-,35-33-,45-43-,51-49-,57-55-. The lowest BCUT2D eigenvalue weighted by Crippen LogP contribution is -2.37. The van der Waals surface area contributed by atoms with E-state index in [0.717, 1.165) is 96.3 Å². The van der Waals surface area contributed by atoms with Crippen molar-refractivity contribution in [1.82, 2.24) is 0 Å².